The van der Waals surface area contributed by atoms with Gasteiger partial charge in [-0.25, -0.2) is 0 Å². The Morgan fingerprint density at radius 1 is 1.08 bits per heavy atom. The van der Waals surface area contributed by atoms with Crippen molar-refractivity contribution in [3.63, 3.8) is 0 Å². The van der Waals surface area contributed by atoms with Crippen LogP contribution in [0.1, 0.15) is 38.5 Å². The van der Waals surface area contributed by atoms with Crippen LogP contribution in [0.4, 0.5) is 5.69 Å². The van der Waals surface area contributed by atoms with Crippen LogP contribution in [0, 0.1) is 5.92 Å². The Hall–Kier alpha value is -1.75. The predicted octanol–water partition coefficient (Wildman–Crippen LogP) is 3.33. The van der Waals surface area contributed by atoms with E-state index < -0.39 is 0 Å². The van der Waals surface area contributed by atoms with Crippen molar-refractivity contribution in [2.45, 2.75) is 38.5 Å². The number of anilines is 1. The summed E-state index contributed by atoms with van der Waals surface area (Å²) >= 11 is 0. The first-order valence-electron chi connectivity index (χ1n) is 10.0. The quantitative estimate of drug-likeness (QED) is 0.551. The maximum Gasteiger partial charge on any atom is 0.308 e. The summed E-state index contributed by atoms with van der Waals surface area (Å²) < 4.78 is 11.0. The van der Waals surface area contributed by atoms with Crippen molar-refractivity contribution in [3.8, 4) is 5.75 Å². The van der Waals surface area contributed by atoms with E-state index in [1.54, 1.807) is 7.11 Å². The number of carbonyl (C=O) groups is 1. The molecule has 5 nitrogen and oxygen atoms in total. The second-order valence-corrected chi connectivity index (χ2v) is 7.36. The van der Waals surface area contributed by atoms with Crippen molar-refractivity contribution in [1.82, 2.24) is 4.90 Å². The van der Waals surface area contributed by atoms with Gasteiger partial charge in [-0.3, -0.25) is 9.69 Å². The highest BCUT2D eigenvalue weighted by atomic mass is 16.5. The van der Waals surface area contributed by atoms with Gasteiger partial charge in [-0.15, -0.1) is 0 Å². The van der Waals surface area contributed by atoms with Gasteiger partial charge in [0.15, 0.2) is 0 Å². The molecule has 0 N–H and O–H groups in total. The molecule has 1 aliphatic heterocycles. The highest BCUT2D eigenvalue weighted by molar-refractivity contribution is 5.72. The van der Waals surface area contributed by atoms with Crippen molar-refractivity contribution in [1.29, 1.82) is 0 Å². The molecule has 26 heavy (non-hydrogen) atoms. The maximum absolute atomic E-state index is 12.1. The number of hydrogen-bond acceptors (Lipinski definition) is 5. The van der Waals surface area contributed by atoms with E-state index in [0.717, 1.165) is 57.7 Å². The monoisotopic (exact) mass is 360 g/mol. The van der Waals surface area contributed by atoms with Crippen LogP contribution in [0.2, 0.25) is 0 Å². The van der Waals surface area contributed by atoms with Crippen molar-refractivity contribution in [2.24, 2.45) is 5.92 Å². The first-order chi connectivity index (χ1) is 12.8. The van der Waals surface area contributed by atoms with Gasteiger partial charge < -0.3 is 14.4 Å². The van der Waals surface area contributed by atoms with Crippen molar-refractivity contribution in [2.75, 3.05) is 51.3 Å². The summed E-state index contributed by atoms with van der Waals surface area (Å²) in [5.41, 5.74) is 1.18. The first-order valence-corrected chi connectivity index (χ1v) is 10.0. The van der Waals surface area contributed by atoms with Crippen LogP contribution in [0.25, 0.3) is 0 Å². The van der Waals surface area contributed by atoms with Gasteiger partial charge in [0.2, 0.25) is 0 Å². The zero-order chi connectivity index (χ0) is 18.2. The van der Waals surface area contributed by atoms with Crippen LogP contribution >= 0.6 is 0 Å². The molecule has 0 spiro atoms. The lowest BCUT2D eigenvalue weighted by Crippen LogP contribution is -2.46. The van der Waals surface area contributed by atoms with Crippen molar-refractivity contribution >= 4 is 11.7 Å². The first kappa shape index (κ1) is 19.0. The number of hydrogen-bond donors (Lipinski definition) is 0. The summed E-state index contributed by atoms with van der Waals surface area (Å²) in [6, 6.07) is 8.21. The molecule has 0 unspecified atom stereocenters. The van der Waals surface area contributed by atoms with Gasteiger partial charge in [0.25, 0.3) is 0 Å². The molecular formula is C21H32N2O3. The van der Waals surface area contributed by atoms with Gasteiger partial charge in [0.1, 0.15) is 5.75 Å². The van der Waals surface area contributed by atoms with Crippen LogP contribution in [-0.4, -0.2) is 57.3 Å². The standard InChI is InChI=1S/C21H32N2O3/c1-25-20-11-6-5-10-19(20)23-15-13-22(14-16-23)12-7-17-26-21(24)18-8-3-2-4-9-18/h5-6,10-11,18H,2-4,7-9,12-17H2,1H3. The van der Waals surface area contributed by atoms with Gasteiger partial charge in [-0.1, -0.05) is 31.4 Å². The second kappa shape index (κ2) is 9.81. The van der Waals surface area contributed by atoms with Crippen molar-refractivity contribution < 1.29 is 14.3 Å². The number of para-hydroxylation sites is 2. The third-order valence-electron chi connectivity index (χ3n) is 5.60. The molecule has 1 saturated heterocycles. The SMILES string of the molecule is COc1ccccc1N1CCN(CCCOC(=O)C2CCCCC2)CC1. The summed E-state index contributed by atoms with van der Waals surface area (Å²) in [5.74, 6) is 1.13. The number of carbonyl (C=O) groups excluding carboxylic acids is 1. The predicted molar refractivity (Wildman–Crippen MR) is 104 cm³/mol. The lowest BCUT2D eigenvalue weighted by molar-refractivity contribution is -0.149. The summed E-state index contributed by atoms with van der Waals surface area (Å²) in [5, 5.41) is 0. The molecule has 1 heterocycles. The Morgan fingerprint density at radius 2 is 1.81 bits per heavy atom. The summed E-state index contributed by atoms with van der Waals surface area (Å²) in [4.78, 5) is 16.9. The molecule has 144 valence electrons. The van der Waals surface area contributed by atoms with Gasteiger partial charge in [0, 0.05) is 32.7 Å². The van der Waals surface area contributed by atoms with Crippen LogP contribution < -0.4 is 9.64 Å². The molecule has 0 aromatic heterocycles. The van der Waals surface area contributed by atoms with E-state index in [1.165, 1.54) is 24.9 Å². The maximum atomic E-state index is 12.1. The fraction of sp³-hybridized carbons (Fsp3) is 0.667. The normalized spacial score (nSPS) is 19.3. The minimum Gasteiger partial charge on any atom is -0.495 e. The van der Waals surface area contributed by atoms with E-state index in [-0.39, 0.29) is 11.9 Å². The van der Waals surface area contributed by atoms with E-state index in [2.05, 4.69) is 21.9 Å². The molecule has 3 rings (SSSR count). The number of piperazine rings is 1. The van der Waals surface area contributed by atoms with Gasteiger partial charge in [-0.2, -0.15) is 0 Å². The fourth-order valence-corrected chi connectivity index (χ4v) is 4.02. The molecule has 1 aromatic rings. The molecule has 1 aliphatic carbocycles. The summed E-state index contributed by atoms with van der Waals surface area (Å²) in [6.45, 7) is 5.63. The second-order valence-electron chi connectivity index (χ2n) is 7.36. The lowest BCUT2D eigenvalue weighted by Gasteiger charge is -2.36. The smallest absolute Gasteiger partial charge is 0.308 e. The van der Waals surface area contributed by atoms with E-state index >= 15 is 0 Å². The van der Waals surface area contributed by atoms with Gasteiger partial charge in [-0.05, 0) is 31.4 Å². The topological polar surface area (TPSA) is 42.0 Å². The minimum absolute atomic E-state index is 0.0330. The van der Waals surface area contributed by atoms with E-state index in [1.807, 2.05) is 12.1 Å². The van der Waals surface area contributed by atoms with E-state index in [4.69, 9.17) is 9.47 Å². The minimum atomic E-state index is 0.0330. The summed E-state index contributed by atoms with van der Waals surface area (Å²) in [7, 11) is 1.73. The Balaban J connectivity index is 1.33. The Bertz CT molecular complexity index is 564. The number of rotatable bonds is 7. The van der Waals surface area contributed by atoms with Crippen LogP contribution in [0.3, 0.4) is 0 Å². The highest BCUT2D eigenvalue weighted by Crippen LogP contribution is 2.28. The third-order valence-corrected chi connectivity index (χ3v) is 5.60. The highest BCUT2D eigenvalue weighted by Gasteiger charge is 2.23. The van der Waals surface area contributed by atoms with E-state index in [9.17, 15) is 4.79 Å². The molecular weight excluding hydrogens is 328 g/mol. The Labute approximate surface area is 157 Å². The lowest BCUT2D eigenvalue weighted by atomic mass is 9.89. The Morgan fingerprint density at radius 3 is 2.54 bits per heavy atom. The summed E-state index contributed by atoms with van der Waals surface area (Å²) in [6.07, 6.45) is 6.58. The Kier molecular flexibility index (Phi) is 7.18. The number of ether oxygens (including phenoxy) is 2. The molecule has 0 radical (unpaired) electrons. The number of methoxy groups -OCH3 is 1. The molecule has 1 saturated carbocycles. The largest absolute Gasteiger partial charge is 0.495 e. The molecule has 2 aliphatic rings. The van der Waals surface area contributed by atoms with E-state index in [0.29, 0.717) is 6.61 Å². The van der Waals surface area contributed by atoms with Crippen LogP contribution in [0.15, 0.2) is 24.3 Å². The number of nitrogens with zero attached hydrogens (tertiary/aromatic N) is 2. The zero-order valence-corrected chi connectivity index (χ0v) is 16.0. The third kappa shape index (κ3) is 5.13. The van der Waals surface area contributed by atoms with Crippen molar-refractivity contribution in [3.05, 3.63) is 24.3 Å². The average Bonchev–Trinajstić information content (AvgIpc) is 2.72. The molecule has 5 heteroatoms. The zero-order valence-electron chi connectivity index (χ0n) is 16.0. The van der Waals surface area contributed by atoms with Gasteiger partial charge >= 0.3 is 5.97 Å². The fourth-order valence-electron chi connectivity index (χ4n) is 4.02. The molecule has 0 bridgehead atoms. The number of benzene rings is 1. The number of esters is 1. The molecule has 0 atom stereocenters. The molecule has 0 amide bonds. The van der Waals surface area contributed by atoms with Gasteiger partial charge in [0.05, 0.1) is 25.3 Å². The molecule has 1 aromatic carbocycles. The molecule has 2 fully saturated rings. The average molecular weight is 360 g/mol. The van der Waals surface area contributed by atoms with Crippen LogP contribution in [-0.2, 0) is 9.53 Å². The van der Waals surface area contributed by atoms with Crippen LogP contribution in [0.5, 0.6) is 5.75 Å².